The van der Waals surface area contributed by atoms with Crippen LogP contribution in [0.2, 0.25) is 0 Å². The topological polar surface area (TPSA) is 148 Å². The molecule has 0 atom stereocenters. The Kier molecular flexibility index (Phi) is 6.83. The van der Waals surface area contributed by atoms with E-state index in [1.807, 2.05) is 0 Å². The van der Waals surface area contributed by atoms with Gasteiger partial charge >= 0.3 is 11.7 Å². The molecule has 0 radical (unpaired) electrons. The molecule has 0 aliphatic heterocycles. The molecule has 0 heterocycles. The third-order valence-electron chi connectivity index (χ3n) is 3.27. The lowest BCUT2D eigenvalue weighted by Crippen LogP contribution is -2.10. The molecule has 0 saturated carbocycles. The molecule has 2 aromatic rings. The normalized spacial score (nSPS) is 11.0. The second-order valence-corrected chi connectivity index (χ2v) is 6.12. The molecular formula is C16H14N4O6S. The van der Waals surface area contributed by atoms with Crippen molar-refractivity contribution < 1.29 is 19.7 Å². The number of benzene rings is 2. The number of nitro benzene ring substituents is 2. The van der Waals surface area contributed by atoms with E-state index in [9.17, 15) is 25.0 Å². The lowest BCUT2D eigenvalue weighted by atomic mass is 10.1. The van der Waals surface area contributed by atoms with Crippen LogP contribution in [0.4, 0.5) is 17.1 Å². The summed E-state index contributed by atoms with van der Waals surface area (Å²) < 4.78 is 0. The maximum Gasteiger partial charge on any atom is 0.313 e. The number of anilines is 1. The largest absolute Gasteiger partial charge is 0.481 e. The van der Waals surface area contributed by atoms with E-state index in [-0.39, 0.29) is 17.2 Å². The average molecular weight is 390 g/mol. The molecule has 0 saturated heterocycles. The van der Waals surface area contributed by atoms with Gasteiger partial charge in [0.05, 0.1) is 27.4 Å². The molecule has 2 rings (SSSR count). The van der Waals surface area contributed by atoms with E-state index in [4.69, 9.17) is 5.11 Å². The molecule has 0 amide bonds. The molecular weight excluding hydrogens is 376 g/mol. The van der Waals surface area contributed by atoms with Crippen LogP contribution < -0.4 is 5.43 Å². The predicted molar refractivity (Wildman–Crippen MR) is 101 cm³/mol. The summed E-state index contributed by atoms with van der Waals surface area (Å²) in [4.78, 5) is 31.2. The molecule has 0 aliphatic rings. The number of nitrogens with one attached hydrogen (secondary N) is 1. The maximum absolute atomic E-state index is 11.2. The first-order chi connectivity index (χ1) is 12.9. The lowest BCUT2D eigenvalue weighted by Gasteiger charge is -2.08. The summed E-state index contributed by atoms with van der Waals surface area (Å²) in [5.74, 6) is -0.834. The number of hydrogen-bond donors (Lipinski definition) is 2. The molecule has 10 nitrogen and oxygen atoms in total. The Bertz CT molecular complexity index is 888. The van der Waals surface area contributed by atoms with E-state index in [1.165, 1.54) is 6.07 Å². The highest BCUT2D eigenvalue weighted by Gasteiger charge is 2.19. The van der Waals surface area contributed by atoms with Gasteiger partial charge in [-0.25, -0.2) is 0 Å². The fourth-order valence-electron chi connectivity index (χ4n) is 2.05. The van der Waals surface area contributed by atoms with E-state index >= 15 is 0 Å². The van der Waals surface area contributed by atoms with Crippen molar-refractivity contribution in [1.82, 2.24) is 0 Å². The first kappa shape index (κ1) is 19.8. The Morgan fingerprint density at radius 2 is 1.78 bits per heavy atom. The van der Waals surface area contributed by atoms with Crippen LogP contribution in [-0.4, -0.2) is 38.1 Å². The summed E-state index contributed by atoms with van der Waals surface area (Å²) in [6, 6.07) is 12.1. The van der Waals surface area contributed by atoms with Crippen LogP contribution in [0, 0.1) is 20.2 Å². The summed E-state index contributed by atoms with van der Waals surface area (Å²) in [5, 5.41) is 34.9. The first-order valence-corrected chi connectivity index (χ1v) is 8.64. The number of nitrogens with zero attached hydrogens (tertiary/aromatic N) is 3. The van der Waals surface area contributed by atoms with Gasteiger partial charge in [-0.05, 0) is 11.6 Å². The Morgan fingerprint density at radius 3 is 2.37 bits per heavy atom. The van der Waals surface area contributed by atoms with Gasteiger partial charge < -0.3 is 5.11 Å². The van der Waals surface area contributed by atoms with E-state index in [2.05, 4.69) is 10.5 Å². The number of carboxylic acid groups (broad SMARTS) is 1. The SMILES string of the molecule is O=C(O)CSCC(=NNc1ccc([N+](=O)[O-])cc1[N+](=O)[O-])c1ccccc1. The van der Waals surface area contributed by atoms with Gasteiger partial charge in [0.25, 0.3) is 5.69 Å². The predicted octanol–water partition coefficient (Wildman–Crippen LogP) is 3.14. The minimum Gasteiger partial charge on any atom is -0.481 e. The number of thioether (sulfide) groups is 1. The van der Waals surface area contributed by atoms with Crippen LogP contribution >= 0.6 is 11.8 Å². The van der Waals surface area contributed by atoms with Crippen LogP contribution in [0.5, 0.6) is 0 Å². The first-order valence-electron chi connectivity index (χ1n) is 7.49. The Balaban J connectivity index is 2.30. The van der Waals surface area contributed by atoms with Crippen molar-refractivity contribution in [2.45, 2.75) is 0 Å². The molecule has 0 aliphatic carbocycles. The molecule has 27 heavy (non-hydrogen) atoms. The number of aliphatic carboxylic acids is 1. The van der Waals surface area contributed by atoms with Crippen molar-refractivity contribution in [2.75, 3.05) is 16.9 Å². The van der Waals surface area contributed by atoms with E-state index in [1.54, 1.807) is 30.3 Å². The minimum absolute atomic E-state index is 0.0118. The van der Waals surface area contributed by atoms with Gasteiger partial charge in [-0.1, -0.05) is 30.3 Å². The fraction of sp³-hybridized carbons (Fsp3) is 0.125. The van der Waals surface area contributed by atoms with Gasteiger partial charge in [-0.2, -0.15) is 5.10 Å². The molecule has 2 aromatic carbocycles. The smallest absolute Gasteiger partial charge is 0.313 e. The van der Waals surface area contributed by atoms with E-state index in [0.717, 1.165) is 23.9 Å². The third-order valence-corrected chi connectivity index (χ3v) is 4.20. The zero-order valence-electron chi connectivity index (χ0n) is 13.8. The van der Waals surface area contributed by atoms with Gasteiger partial charge in [-0.15, -0.1) is 11.8 Å². The molecule has 0 aromatic heterocycles. The fourth-order valence-corrected chi connectivity index (χ4v) is 2.75. The van der Waals surface area contributed by atoms with Gasteiger partial charge in [0.15, 0.2) is 0 Å². The van der Waals surface area contributed by atoms with E-state index < -0.39 is 27.2 Å². The van der Waals surface area contributed by atoms with Crippen LogP contribution in [0.1, 0.15) is 5.56 Å². The van der Waals surface area contributed by atoms with Crippen molar-refractivity contribution in [3.63, 3.8) is 0 Å². The Labute approximate surface area is 157 Å². The highest BCUT2D eigenvalue weighted by atomic mass is 32.2. The number of carbonyl (C=O) groups is 1. The van der Waals surface area contributed by atoms with Crippen molar-refractivity contribution in [1.29, 1.82) is 0 Å². The molecule has 0 spiro atoms. The summed E-state index contributed by atoms with van der Waals surface area (Å²) >= 11 is 1.12. The maximum atomic E-state index is 11.2. The quantitative estimate of drug-likeness (QED) is 0.377. The zero-order valence-corrected chi connectivity index (χ0v) is 14.6. The van der Waals surface area contributed by atoms with Crippen LogP contribution in [0.15, 0.2) is 53.6 Å². The number of rotatable bonds is 9. The minimum atomic E-state index is -0.966. The lowest BCUT2D eigenvalue weighted by molar-refractivity contribution is -0.393. The highest BCUT2D eigenvalue weighted by Crippen LogP contribution is 2.29. The second-order valence-electron chi connectivity index (χ2n) is 5.14. The van der Waals surface area contributed by atoms with Gasteiger partial charge in [0.2, 0.25) is 0 Å². The van der Waals surface area contributed by atoms with Crippen LogP contribution in [-0.2, 0) is 4.79 Å². The number of hydrazone groups is 1. The highest BCUT2D eigenvalue weighted by molar-refractivity contribution is 8.00. The number of nitro groups is 2. The summed E-state index contributed by atoms with van der Waals surface area (Å²) in [5.41, 5.74) is 2.85. The standard InChI is InChI=1S/C16H14N4O6S/c21-16(22)10-27-9-14(11-4-2-1-3-5-11)18-17-13-7-6-12(19(23)24)8-15(13)20(25)26/h1-8,17H,9-10H2,(H,21,22). The second kappa shape index (κ2) is 9.29. The van der Waals surface area contributed by atoms with Crippen LogP contribution in [0.3, 0.4) is 0 Å². The monoisotopic (exact) mass is 390 g/mol. The Hall–Kier alpha value is -3.47. The molecule has 0 unspecified atom stereocenters. The van der Waals surface area contributed by atoms with Gasteiger partial charge in [0.1, 0.15) is 5.69 Å². The van der Waals surface area contributed by atoms with Crippen LogP contribution in [0.25, 0.3) is 0 Å². The van der Waals surface area contributed by atoms with Crippen molar-refractivity contribution >= 4 is 40.5 Å². The van der Waals surface area contributed by atoms with Gasteiger partial charge in [-0.3, -0.25) is 30.4 Å². The summed E-state index contributed by atoms with van der Waals surface area (Å²) in [7, 11) is 0. The zero-order chi connectivity index (χ0) is 19.8. The third kappa shape index (κ3) is 5.78. The molecule has 0 fully saturated rings. The summed E-state index contributed by atoms with van der Waals surface area (Å²) in [6.07, 6.45) is 0. The van der Waals surface area contributed by atoms with Crippen molar-refractivity contribution in [3.05, 3.63) is 74.3 Å². The van der Waals surface area contributed by atoms with E-state index in [0.29, 0.717) is 11.3 Å². The number of hydrogen-bond acceptors (Lipinski definition) is 8. The molecule has 140 valence electrons. The molecule has 2 N–H and O–H groups in total. The van der Waals surface area contributed by atoms with Gasteiger partial charge in [0, 0.05) is 11.8 Å². The number of carboxylic acids is 1. The number of non-ortho nitro benzene ring substituents is 1. The molecule has 11 heteroatoms. The van der Waals surface area contributed by atoms with Crippen molar-refractivity contribution in [2.24, 2.45) is 5.10 Å². The van der Waals surface area contributed by atoms with Crippen molar-refractivity contribution in [3.8, 4) is 0 Å². The molecule has 0 bridgehead atoms. The average Bonchev–Trinajstić information content (AvgIpc) is 2.64. The summed E-state index contributed by atoms with van der Waals surface area (Å²) in [6.45, 7) is 0. The Morgan fingerprint density at radius 1 is 1.07 bits per heavy atom.